The van der Waals surface area contributed by atoms with Crippen LogP contribution in [-0.2, 0) is 11.8 Å². The molecular weight excluding hydrogens is 174 g/mol. The maximum absolute atomic E-state index is 5.57. The third-order valence-corrected chi connectivity index (χ3v) is 1.73. The maximum Gasteiger partial charge on any atom is 0.199 e. The summed E-state index contributed by atoms with van der Waals surface area (Å²) >= 11 is 5.57. The molecule has 0 radical (unpaired) electrons. The highest BCUT2D eigenvalue weighted by atomic mass is 35.5. The van der Waals surface area contributed by atoms with E-state index in [4.69, 9.17) is 16.0 Å². The van der Waals surface area contributed by atoms with E-state index in [9.17, 15) is 0 Å². The van der Waals surface area contributed by atoms with E-state index in [1.807, 2.05) is 0 Å². The van der Waals surface area contributed by atoms with Gasteiger partial charge in [-0.15, -0.1) is 11.6 Å². The molecule has 0 amide bonds. The summed E-state index contributed by atoms with van der Waals surface area (Å²) < 4.78 is 5.49. The van der Waals surface area contributed by atoms with Gasteiger partial charge in [0.15, 0.2) is 5.89 Å². The van der Waals surface area contributed by atoms with Gasteiger partial charge in [-0.05, 0) is 0 Å². The third-order valence-electron chi connectivity index (χ3n) is 1.54. The van der Waals surface area contributed by atoms with Crippen LogP contribution in [-0.4, -0.2) is 10.9 Å². The SMILES string of the molecule is CC(C)(C)c1ncc(CCCl)o1. The summed E-state index contributed by atoms with van der Waals surface area (Å²) in [4.78, 5) is 4.18. The van der Waals surface area contributed by atoms with E-state index in [0.717, 1.165) is 18.1 Å². The zero-order chi connectivity index (χ0) is 9.19. The molecule has 3 heteroatoms. The minimum Gasteiger partial charge on any atom is -0.445 e. The lowest BCUT2D eigenvalue weighted by Crippen LogP contribution is -2.10. The van der Waals surface area contributed by atoms with E-state index >= 15 is 0 Å². The van der Waals surface area contributed by atoms with E-state index in [2.05, 4.69) is 25.8 Å². The first-order chi connectivity index (χ1) is 5.54. The average molecular weight is 188 g/mol. The second kappa shape index (κ2) is 3.48. The molecule has 0 aromatic carbocycles. The third kappa shape index (κ3) is 2.24. The second-order valence-corrected chi connectivity index (χ2v) is 4.20. The highest BCUT2D eigenvalue weighted by Gasteiger charge is 2.19. The van der Waals surface area contributed by atoms with Crippen LogP contribution in [0.5, 0.6) is 0 Å². The van der Waals surface area contributed by atoms with Crippen LogP contribution in [0.15, 0.2) is 10.6 Å². The molecule has 0 aliphatic carbocycles. The van der Waals surface area contributed by atoms with Crippen molar-refractivity contribution in [1.29, 1.82) is 0 Å². The first kappa shape index (κ1) is 9.59. The summed E-state index contributed by atoms with van der Waals surface area (Å²) in [5.74, 6) is 2.23. The first-order valence-corrected chi connectivity index (χ1v) is 4.58. The molecule has 2 nitrogen and oxygen atoms in total. The van der Waals surface area contributed by atoms with Crippen molar-refractivity contribution in [3.8, 4) is 0 Å². The number of halogens is 1. The Morgan fingerprint density at radius 2 is 2.17 bits per heavy atom. The minimum atomic E-state index is -0.00936. The van der Waals surface area contributed by atoms with Gasteiger partial charge in [0.25, 0.3) is 0 Å². The highest BCUT2D eigenvalue weighted by molar-refractivity contribution is 6.17. The van der Waals surface area contributed by atoms with Crippen LogP contribution in [0.3, 0.4) is 0 Å². The number of oxazole rings is 1. The van der Waals surface area contributed by atoms with Crippen LogP contribution < -0.4 is 0 Å². The minimum absolute atomic E-state index is 0.00936. The molecule has 0 saturated heterocycles. The monoisotopic (exact) mass is 187 g/mol. The number of aryl methyl sites for hydroxylation is 1. The molecule has 0 aliphatic rings. The van der Waals surface area contributed by atoms with Crippen molar-refractivity contribution >= 4 is 11.6 Å². The highest BCUT2D eigenvalue weighted by Crippen LogP contribution is 2.21. The van der Waals surface area contributed by atoms with E-state index < -0.39 is 0 Å². The van der Waals surface area contributed by atoms with Gasteiger partial charge in [-0.2, -0.15) is 0 Å². The predicted octanol–water partition coefficient (Wildman–Crippen LogP) is 2.75. The van der Waals surface area contributed by atoms with Gasteiger partial charge in [-0.3, -0.25) is 0 Å². The van der Waals surface area contributed by atoms with E-state index in [-0.39, 0.29) is 5.41 Å². The number of alkyl halides is 1. The van der Waals surface area contributed by atoms with Crippen molar-refractivity contribution in [2.24, 2.45) is 0 Å². The van der Waals surface area contributed by atoms with E-state index in [1.54, 1.807) is 6.20 Å². The Bertz CT molecular complexity index is 249. The van der Waals surface area contributed by atoms with Crippen molar-refractivity contribution in [2.75, 3.05) is 5.88 Å². The molecule has 0 fully saturated rings. The molecule has 0 aliphatic heterocycles. The van der Waals surface area contributed by atoms with Crippen LogP contribution in [0.25, 0.3) is 0 Å². The van der Waals surface area contributed by atoms with E-state index in [0.29, 0.717) is 5.88 Å². The van der Waals surface area contributed by atoms with Crippen LogP contribution in [0.2, 0.25) is 0 Å². The number of nitrogens with zero attached hydrogens (tertiary/aromatic N) is 1. The summed E-state index contributed by atoms with van der Waals surface area (Å²) in [5.41, 5.74) is -0.00936. The summed E-state index contributed by atoms with van der Waals surface area (Å²) in [5, 5.41) is 0. The summed E-state index contributed by atoms with van der Waals surface area (Å²) in [7, 11) is 0. The van der Waals surface area contributed by atoms with Crippen molar-refractivity contribution < 1.29 is 4.42 Å². The molecular formula is C9H14ClNO. The van der Waals surface area contributed by atoms with E-state index in [1.165, 1.54) is 0 Å². The molecule has 68 valence electrons. The first-order valence-electron chi connectivity index (χ1n) is 4.05. The molecule has 1 aromatic heterocycles. The number of rotatable bonds is 2. The van der Waals surface area contributed by atoms with Gasteiger partial charge >= 0.3 is 0 Å². The maximum atomic E-state index is 5.57. The van der Waals surface area contributed by atoms with Gasteiger partial charge in [-0.1, -0.05) is 20.8 Å². The smallest absolute Gasteiger partial charge is 0.199 e. The fourth-order valence-electron chi connectivity index (χ4n) is 0.863. The van der Waals surface area contributed by atoms with Crippen LogP contribution in [0, 0.1) is 0 Å². The van der Waals surface area contributed by atoms with Gasteiger partial charge in [0, 0.05) is 17.7 Å². The van der Waals surface area contributed by atoms with Crippen molar-refractivity contribution in [2.45, 2.75) is 32.6 Å². The van der Waals surface area contributed by atoms with Crippen molar-refractivity contribution in [3.63, 3.8) is 0 Å². The van der Waals surface area contributed by atoms with Crippen molar-refractivity contribution in [1.82, 2.24) is 4.98 Å². The molecule has 1 heterocycles. The quantitative estimate of drug-likeness (QED) is 0.666. The molecule has 0 spiro atoms. The number of aromatic nitrogens is 1. The Kier molecular flexibility index (Phi) is 2.78. The van der Waals surface area contributed by atoms with Crippen molar-refractivity contribution in [3.05, 3.63) is 17.8 Å². The molecule has 0 unspecified atom stereocenters. The summed E-state index contributed by atoms with van der Waals surface area (Å²) in [6.45, 7) is 6.22. The summed E-state index contributed by atoms with van der Waals surface area (Å²) in [6, 6.07) is 0. The zero-order valence-electron chi connectivity index (χ0n) is 7.72. The van der Waals surface area contributed by atoms with Crippen LogP contribution in [0.1, 0.15) is 32.4 Å². The lowest BCUT2D eigenvalue weighted by molar-refractivity contribution is 0.374. The molecule has 12 heavy (non-hydrogen) atoms. The Labute approximate surface area is 77.9 Å². The molecule has 1 aromatic rings. The normalized spacial score (nSPS) is 12.0. The molecule has 1 rings (SSSR count). The molecule has 0 bridgehead atoms. The lowest BCUT2D eigenvalue weighted by Gasteiger charge is -2.11. The molecule has 0 saturated carbocycles. The molecule has 0 atom stereocenters. The standard InChI is InChI=1S/C9H14ClNO/c1-9(2,3)8-11-6-7(12-8)4-5-10/h6H,4-5H2,1-3H3. The van der Waals surface area contributed by atoms with Crippen LogP contribution in [0.4, 0.5) is 0 Å². The van der Waals surface area contributed by atoms with Gasteiger partial charge in [-0.25, -0.2) is 4.98 Å². The topological polar surface area (TPSA) is 26.0 Å². The fraction of sp³-hybridized carbons (Fsp3) is 0.667. The van der Waals surface area contributed by atoms with Gasteiger partial charge in [0.1, 0.15) is 5.76 Å². The Balaban J connectivity index is 2.77. The number of hydrogen-bond acceptors (Lipinski definition) is 2. The second-order valence-electron chi connectivity index (χ2n) is 3.82. The van der Waals surface area contributed by atoms with Gasteiger partial charge in [0.2, 0.25) is 0 Å². The fourth-order valence-corrected chi connectivity index (χ4v) is 1.05. The summed E-state index contributed by atoms with van der Waals surface area (Å²) in [6.07, 6.45) is 2.51. The average Bonchev–Trinajstić information content (AvgIpc) is 2.35. The number of hydrogen-bond donors (Lipinski definition) is 0. The lowest BCUT2D eigenvalue weighted by atomic mass is 9.97. The van der Waals surface area contributed by atoms with Gasteiger partial charge in [0.05, 0.1) is 6.20 Å². The Morgan fingerprint density at radius 1 is 1.50 bits per heavy atom. The molecule has 0 N–H and O–H groups in total. The predicted molar refractivity (Wildman–Crippen MR) is 49.6 cm³/mol. The Hall–Kier alpha value is -0.500. The van der Waals surface area contributed by atoms with Crippen LogP contribution >= 0.6 is 11.6 Å². The Morgan fingerprint density at radius 3 is 2.58 bits per heavy atom. The largest absolute Gasteiger partial charge is 0.445 e. The van der Waals surface area contributed by atoms with Gasteiger partial charge < -0.3 is 4.42 Å². The zero-order valence-corrected chi connectivity index (χ0v) is 8.48.